The highest BCUT2D eigenvalue weighted by molar-refractivity contribution is 6.00. The molecule has 0 fully saturated rings. The Morgan fingerprint density at radius 3 is 3.07 bits per heavy atom. The van der Waals surface area contributed by atoms with Crippen LogP contribution in [-0.4, -0.2) is 25.5 Å². The van der Waals surface area contributed by atoms with E-state index in [1.807, 2.05) is 30.3 Å². The average Bonchev–Trinajstić information content (AvgIpc) is 2.41. The summed E-state index contributed by atoms with van der Waals surface area (Å²) >= 11 is 0. The fraction of sp³-hybridized carbons (Fsp3) is 0.250. The molecule has 1 aliphatic heterocycles. The van der Waals surface area contributed by atoms with Crippen molar-refractivity contribution in [2.45, 2.75) is 0 Å². The van der Waals surface area contributed by atoms with Gasteiger partial charge in [-0.2, -0.15) is 0 Å². The summed E-state index contributed by atoms with van der Waals surface area (Å²) in [6.45, 7) is 6.01. The van der Waals surface area contributed by atoms with Crippen LogP contribution in [0.5, 0.6) is 0 Å². The smallest absolute Gasteiger partial charge is 0.253 e. The number of rotatable bonds is 2. The van der Waals surface area contributed by atoms with Crippen LogP contribution in [0.1, 0.15) is 10.4 Å². The van der Waals surface area contributed by atoms with Gasteiger partial charge >= 0.3 is 0 Å². The van der Waals surface area contributed by atoms with Gasteiger partial charge in [0.2, 0.25) is 0 Å². The largest absolute Gasteiger partial charge is 0.365 e. The SMILES string of the molecule is C=CCN1CCNC(=O)c2ccccc21. The Balaban J connectivity index is 2.42. The quantitative estimate of drug-likeness (QED) is 0.736. The van der Waals surface area contributed by atoms with Crippen molar-refractivity contribution in [3.05, 3.63) is 42.5 Å². The van der Waals surface area contributed by atoms with E-state index in [4.69, 9.17) is 0 Å². The van der Waals surface area contributed by atoms with Crippen molar-refractivity contribution >= 4 is 11.6 Å². The molecule has 1 aliphatic rings. The van der Waals surface area contributed by atoms with E-state index in [1.54, 1.807) is 0 Å². The number of hydrogen-bond acceptors (Lipinski definition) is 2. The van der Waals surface area contributed by atoms with Gasteiger partial charge in [-0.25, -0.2) is 0 Å². The van der Waals surface area contributed by atoms with E-state index in [0.29, 0.717) is 6.54 Å². The molecule has 0 aliphatic carbocycles. The molecule has 1 N–H and O–H groups in total. The number of benzene rings is 1. The number of anilines is 1. The Morgan fingerprint density at radius 2 is 2.27 bits per heavy atom. The lowest BCUT2D eigenvalue weighted by Crippen LogP contribution is -2.30. The molecule has 2 rings (SSSR count). The predicted molar refractivity (Wildman–Crippen MR) is 61.2 cm³/mol. The Bertz CT molecular complexity index is 387. The van der Waals surface area contributed by atoms with E-state index in [9.17, 15) is 4.79 Å². The number of fused-ring (bicyclic) bond motifs is 1. The summed E-state index contributed by atoms with van der Waals surface area (Å²) in [5.74, 6) is 0.0113. The molecular weight excluding hydrogens is 188 g/mol. The minimum Gasteiger partial charge on any atom is -0.365 e. The highest BCUT2D eigenvalue weighted by Gasteiger charge is 2.18. The molecule has 1 aromatic rings. The summed E-state index contributed by atoms with van der Waals surface area (Å²) in [7, 11) is 0. The molecule has 15 heavy (non-hydrogen) atoms. The molecular formula is C12H14N2O. The Morgan fingerprint density at radius 1 is 1.47 bits per heavy atom. The highest BCUT2D eigenvalue weighted by atomic mass is 16.1. The van der Waals surface area contributed by atoms with Crippen molar-refractivity contribution < 1.29 is 4.79 Å². The first kappa shape index (κ1) is 9.77. The molecule has 0 saturated heterocycles. The van der Waals surface area contributed by atoms with Gasteiger partial charge in [-0.1, -0.05) is 18.2 Å². The second-order valence-electron chi connectivity index (χ2n) is 3.51. The fourth-order valence-electron chi connectivity index (χ4n) is 1.81. The Hall–Kier alpha value is -1.77. The fourth-order valence-corrected chi connectivity index (χ4v) is 1.81. The van der Waals surface area contributed by atoms with Gasteiger partial charge in [-0.05, 0) is 12.1 Å². The maximum atomic E-state index is 11.7. The van der Waals surface area contributed by atoms with E-state index in [0.717, 1.165) is 24.3 Å². The molecule has 1 amide bonds. The monoisotopic (exact) mass is 202 g/mol. The van der Waals surface area contributed by atoms with Crippen molar-refractivity contribution in [2.75, 3.05) is 24.5 Å². The molecule has 0 saturated carbocycles. The molecule has 0 atom stereocenters. The van der Waals surface area contributed by atoms with Crippen molar-refractivity contribution in [3.8, 4) is 0 Å². The lowest BCUT2D eigenvalue weighted by Gasteiger charge is -2.21. The summed E-state index contributed by atoms with van der Waals surface area (Å²) in [4.78, 5) is 13.8. The normalized spacial score (nSPS) is 15.2. The summed E-state index contributed by atoms with van der Waals surface area (Å²) in [6.07, 6.45) is 1.85. The molecule has 3 nitrogen and oxygen atoms in total. The second-order valence-corrected chi connectivity index (χ2v) is 3.51. The minimum absolute atomic E-state index is 0.0113. The van der Waals surface area contributed by atoms with Gasteiger partial charge in [0.25, 0.3) is 5.91 Å². The number of carbonyl (C=O) groups is 1. The minimum atomic E-state index is 0.0113. The number of para-hydroxylation sites is 1. The first-order chi connectivity index (χ1) is 7.33. The lowest BCUT2D eigenvalue weighted by atomic mass is 10.1. The number of nitrogens with one attached hydrogen (secondary N) is 1. The lowest BCUT2D eigenvalue weighted by molar-refractivity contribution is 0.0958. The van der Waals surface area contributed by atoms with Crippen molar-refractivity contribution in [1.29, 1.82) is 0 Å². The van der Waals surface area contributed by atoms with Crippen molar-refractivity contribution in [1.82, 2.24) is 5.32 Å². The van der Waals surface area contributed by atoms with Crippen LogP contribution < -0.4 is 10.2 Å². The molecule has 1 heterocycles. The average molecular weight is 202 g/mol. The zero-order valence-electron chi connectivity index (χ0n) is 8.57. The first-order valence-electron chi connectivity index (χ1n) is 5.06. The molecule has 78 valence electrons. The zero-order valence-corrected chi connectivity index (χ0v) is 8.57. The number of carbonyl (C=O) groups excluding carboxylic acids is 1. The van der Waals surface area contributed by atoms with E-state index in [1.165, 1.54) is 0 Å². The third-order valence-corrected chi connectivity index (χ3v) is 2.51. The molecule has 0 aromatic heterocycles. The van der Waals surface area contributed by atoms with Gasteiger partial charge in [0.1, 0.15) is 0 Å². The third-order valence-electron chi connectivity index (χ3n) is 2.51. The van der Waals surface area contributed by atoms with Gasteiger partial charge < -0.3 is 10.2 Å². The summed E-state index contributed by atoms with van der Waals surface area (Å²) in [5, 5.41) is 2.87. The van der Waals surface area contributed by atoms with Gasteiger partial charge in [0.05, 0.1) is 5.56 Å². The van der Waals surface area contributed by atoms with Crippen LogP contribution in [-0.2, 0) is 0 Å². The van der Waals surface area contributed by atoms with E-state index in [-0.39, 0.29) is 5.91 Å². The van der Waals surface area contributed by atoms with Crippen LogP contribution in [0.3, 0.4) is 0 Å². The van der Waals surface area contributed by atoms with Crippen LogP contribution in [0.4, 0.5) is 5.69 Å². The van der Waals surface area contributed by atoms with Gasteiger partial charge in [0, 0.05) is 25.3 Å². The summed E-state index contributed by atoms with van der Waals surface area (Å²) < 4.78 is 0. The van der Waals surface area contributed by atoms with Crippen LogP contribution in [0, 0.1) is 0 Å². The third kappa shape index (κ3) is 1.86. The Labute approximate surface area is 89.4 Å². The van der Waals surface area contributed by atoms with Crippen molar-refractivity contribution in [3.63, 3.8) is 0 Å². The van der Waals surface area contributed by atoms with Gasteiger partial charge in [-0.15, -0.1) is 6.58 Å². The zero-order chi connectivity index (χ0) is 10.7. The molecule has 0 spiro atoms. The van der Waals surface area contributed by atoms with Crippen LogP contribution in [0.2, 0.25) is 0 Å². The second kappa shape index (κ2) is 4.17. The summed E-state index contributed by atoms with van der Waals surface area (Å²) in [6, 6.07) is 7.67. The molecule has 0 unspecified atom stereocenters. The summed E-state index contributed by atoms with van der Waals surface area (Å²) in [5.41, 5.74) is 1.74. The molecule has 0 bridgehead atoms. The standard InChI is InChI=1S/C12H14N2O/c1-2-8-14-9-7-13-12(15)10-5-3-4-6-11(10)14/h2-6H,1,7-9H2,(H,13,15). The van der Waals surface area contributed by atoms with E-state index < -0.39 is 0 Å². The van der Waals surface area contributed by atoms with Crippen LogP contribution >= 0.6 is 0 Å². The van der Waals surface area contributed by atoms with Gasteiger partial charge in [0.15, 0.2) is 0 Å². The van der Waals surface area contributed by atoms with Crippen molar-refractivity contribution in [2.24, 2.45) is 0 Å². The van der Waals surface area contributed by atoms with E-state index in [2.05, 4.69) is 16.8 Å². The highest BCUT2D eigenvalue weighted by Crippen LogP contribution is 2.21. The maximum absolute atomic E-state index is 11.7. The Kier molecular flexibility index (Phi) is 2.72. The number of amides is 1. The number of nitrogens with zero attached hydrogens (tertiary/aromatic N) is 1. The van der Waals surface area contributed by atoms with Crippen LogP contribution in [0.15, 0.2) is 36.9 Å². The molecule has 3 heteroatoms. The topological polar surface area (TPSA) is 32.3 Å². The van der Waals surface area contributed by atoms with Crippen LogP contribution in [0.25, 0.3) is 0 Å². The molecule has 0 radical (unpaired) electrons. The maximum Gasteiger partial charge on any atom is 0.253 e. The van der Waals surface area contributed by atoms with Gasteiger partial charge in [-0.3, -0.25) is 4.79 Å². The van der Waals surface area contributed by atoms with E-state index >= 15 is 0 Å². The first-order valence-corrected chi connectivity index (χ1v) is 5.06. The molecule has 1 aromatic carbocycles. The number of hydrogen-bond donors (Lipinski definition) is 1. The predicted octanol–water partition coefficient (Wildman–Crippen LogP) is 1.42.